The van der Waals surface area contributed by atoms with Crippen molar-refractivity contribution in [1.29, 1.82) is 0 Å². The molecule has 1 aromatic heterocycles. The predicted molar refractivity (Wildman–Crippen MR) is 73.7 cm³/mol. The van der Waals surface area contributed by atoms with Gasteiger partial charge in [0.1, 0.15) is 0 Å². The molecule has 16 heavy (non-hydrogen) atoms. The summed E-state index contributed by atoms with van der Waals surface area (Å²) in [5.41, 5.74) is 0.772. The van der Waals surface area contributed by atoms with E-state index < -0.39 is 0 Å². The molecule has 0 aliphatic heterocycles. The second-order valence-electron chi connectivity index (χ2n) is 3.13. The number of halogens is 1. The minimum atomic E-state index is -0.108. The number of thiophene rings is 1. The highest BCUT2D eigenvalue weighted by Crippen LogP contribution is 2.20. The van der Waals surface area contributed by atoms with Gasteiger partial charge in [-0.05, 0) is 24.3 Å². The van der Waals surface area contributed by atoms with Gasteiger partial charge in [-0.3, -0.25) is 4.79 Å². The molecule has 5 heteroatoms. The minimum Gasteiger partial charge on any atom is -0.321 e. The second-order valence-corrected chi connectivity index (χ2v) is 5.48. The van der Waals surface area contributed by atoms with E-state index in [4.69, 9.17) is 0 Å². The summed E-state index contributed by atoms with van der Waals surface area (Å²) in [6, 6.07) is 9.23. The molecule has 0 aliphatic carbocycles. The van der Waals surface area contributed by atoms with E-state index in [2.05, 4.69) is 33.9 Å². The maximum Gasteiger partial charge on any atom is 0.265 e. The molecule has 2 rings (SSSR count). The van der Waals surface area contributed by atoms with Crippen LogP contribution in [-0.2, 0) is 0 Å². The second kappa shape index (κ2) is 5.03. The van der Waals surface area contributed by atoms with Crippen molar-refractivity contribution in [2.75, 3.05) is 5.32 Å². The molecule has 2 nitrogen and oxygen atoms in total. The van der Waals surface area contributed by atoms with Crippen LogP contribution in [0.25, 0.3) is 0 Å². The molecule has 0 saturated heterocycles. The van der Waals surface area contributed by atoms with Gasteiger partial charge >= 0.3 is 0 Å². The molecule has 0 atom stereocenters. The van der Waals surface area contributed by atoms with Crippen LogP contribution in [0.3, 0.4) is 0 Å². The van der Waals surface area contributed by atoms with Crippen LogP contribution < -0.4 is 5.32 Å². The van der Waals surface area contributed by atoms with Crippen molar-refractivity contribution in [2.45, 2.75) is 4.90 Å². The summed E-state index contributed by atoms with van der Waals surface area (Å²) < 4.78 is 0.936. The zero-order chi connectivity index (χ0) is 11.5. The van der Waals surface area contributed by atoms with Crippen molar-refractivity contribution in [3.63, 3.8) is 0 Å². The highest BCUT2D eigenvalue weighted by molar-refractivity contribution is 9.10. The monoisotopic (exact) mass is 313 g/mol. The number of thiol groups is 1. The Kier molecular flexibility index (Phi) is 3.68. The number of carbonyl (C=O) groups is 1. The highest BCUT2D eigenvalue weighted by atomic mass is 79.9. The summed E-state index contributed by atoms with van der Waals surface area (Å²) in [4.78, 5) is 13.3. The van der Waals surface area contributed by atoms with E-state index >= 15 is 0 Å². The van der Waals surface area contributed by atoms with Crippen molar-refractivity contribution in [3.8, 4) is 0 Å². The standard InChI is InChI=1S/C11H8BrNOS2/c12-7-2-1-3-8(4-7)13-11(14)10-5-9(15)6-16-10/h1-6,15H,(H,13,14). The van der Waals surface area contributed by atoms with Crippen LogP contribution in [0.2, 0.25) is 0 Å². The van der Waals surface area contributed by atoms with Crippen molar-refractivity contribution < 1.29 is 4.79 Å². The molecule has 1 heterocycles. The Hall–Kier alpha value is -0.780. The van der Waals surface area contributed by atoms with Gasteiger partial charge in [0.15, 0.2) is 0 Å². The van der Waals surface area contributed by atoms with E-state index in [9.17, 15) is 4.79 Å². The summed E-state index contributed by atoms with van der Waals surface area (Å²) in [7, 11) is 0. The Morgan fingerprint density at radius 3 is 2.81 bits per heavy atom. The summed E-state index contributed by atoms with van der Waals surface area (Å²) in [5.74, 6) is -0.108. The van der Waals surface area contributed by atoms with Crippen molar-refractivity contribution >= 4 is 51.5 Å². The third-order valence-electron chi connectivity index (χ3n) is 1.89. The first-order chi connectivity index (χ1) is 7.65. The Morgan fingerprint density at radius 1 is 1.38 bits per heavy atom. The molecule has 0 unspecified atom stereocenters. The molecular formula is C11H8BrNOS2. The van der Waals surface area contributed by atoms with Gasteiger partial charge in [0.2, 0.25) is 0 Å². The molecule has 82 valence electrons. The molecule has 0 bridgehead atoms. The third kappa shape index (κ3) is 2.87. The summed E-state index contributed by atoms with van der Waals surface area (Å²) in [6.45, 7) is 0. The smallest absolute Gasteiger partial charge is 0.265 e. The number of benzene rings is 1. The molecule has 2 aromatic rings. The molecule has 1 N–H and O–H groups in total. The quantitative estimate of drug-likeness (QED) is 0.805. The number of carbonyl (C=O) groups excluding carboxylic acids is 1. The molecular weight excluding hydrogens is 306 g/mol. The average Bonchev–Trinajstić information content (AvgIpc) is 2.65. The molecule has 0 radical (unpaired) electrons. The number of amides is 1. The first-order valence-electron chi connectivity index (χ1n) is 4.49. The Morgan fingerprint density at radius 2 is 2.19 bits per heavy atom. The van der Waals surface area contributed by atoms with Crippen LogP contribution in [0.4, 0.5) is 5.69 Å². The maximum atomic E-state index is 11.8. The fourth-order valence-corrected chi connectivity index (χ4v) is 2.65. The lowest BCUT2D eigenvalue weighted by Gasteiger charge is -2.03. The first kappa shape index (κ1) is 11.7. The zero-order valence-electron chi connectivity index (χ0n) is 8.11. The number of nitrogens with one attached hydrogen (secondary N) is 1. The number of hydrogen-bond acceptors (Lipinski definition) is 3. The largest absolute Gasteiger partial charge is 0.321 e. The lowest BCUT2D eigenvalue weighted by molar-refractivity contribution is 0.103. The summed E-state index contributed by atoms with van der Waals surface area (Å²) >= 11 is 8.90. The Bertz CT molecular complexity index is 524. The molecule has 0 aliphatic rings. The van der Waals surface area contributed by atoms with Gasteiger partial charge in [0, 0.05) is 20.4 Å². The molecule has 1 amide bonds. The third-order valence-corrected chi connectivity index (χ3v) is 3.75. The lowest BCUT2D eigenvalue weighted by atomic mass is 10.3. The normalized spacial score (nSPS) is 10.1. The van der Waals surface area contributed by atoms with Crippen LogP contribution in [0.1, 0.15) is 9.67 Å². The van der Waals surface area contributed by atoms with Crippen LogP contribution >= 0.6 is 39.9 Å². The van der Waals surface area contributed by atoms with Crippen LogP contribution in [-0.4, -0.2) is 5.91 Å². The fraction of sp³-hybridized carbons (Fsp3) is 0. The SMILES string of the molecule is O=C(Nc1cccc(Br)c1)c1cc(S)cs1. The van der Waals surface area contributed by atoms with Gasteiger partial charge in [-0.2, -0.15) is 0 Å². The predicted octanol–water partition coefficient (Wildman–Crippen LogP) is 4.05. The minimum absolute atomic E-state index is 0.108. The van der Waals surface area contributed by atoms with Gasteiger partial charge in [0.25, 0.3) is 5.91 Å². The number of hydrogen-bond donors (Lipinski definition) is 2. The van der Waals surface area contributed by atoms with E-state index in [-0.39, 0.29) is 5.91 Å². The summed E-state index contributed by atoms with van der Waals surface area (Å²) in [5, 5.41) is 4.65. The van der Waals surface area contributed by atoms with Crippen LogP contribution in [0.5, 0.6) is 0 Å². The lowest BCUT2D eigenvalue weighted by Crippen LogP contribution is -2.09. The highest BCUT2D eigenvalue weighted by Gasteiger charge is 2.08. The fourth-order valence-electron chi connectivity index (χ4n) is 1.20. The molecule has 0 fully saturated rings. The van der Waals surface area contributed by atoms with Gasteiger partial charge in [-0.1, -0.05) is 22.0 Å². The van der Waals surface area contributed by atoms with E-state index in [0.29, 0.717) is 4.88 Å². The maximum absolute atomic E-state index is 11.8. The van der Waals surface area contributed by atoms with E-state index in [1.54, 1.807) is 6.07 Å². The van der Waals surface area contributed by atoms with Gasteiger partial charge in [-0.25, -0.2) is 0 Å². The molecule has 0 saturated carbocycles. The van der Waals surface area contributed by atoms with Crippen molar-refractivity contribution in [2.24, 2.45) is 0 Å². The number of anilines is 1. The number of rotatable bonds is 2. The van der Waals surface area contributed by atoms with E-state index in [0.717, 1.165) is 15.1 Å². The van der Waals surface area contributed by atoms with Gasteiger partial charge in [-0.15, -0.1) is 24.0 Å². The van der Waals surface area contributed by atoms with E-state index in [1.807, 2.05) is 29.6 Å². The first-order valence-corrected chi connectivity index (χ1v) is 6.61. The van der Waals surface area contributed by atoms with Gasteiger partial charge in [0.05, 0.1) is 4.88 Å². The molecule has 0 spiro atoms. The van der Waals surface area contributed by atoms with Crippen molar-refractivity contribution in [1.82, 2.24) is 0 Å². The average molecular weight is 314 g/mol. The van der Waals surface area contributed by atoms with E-state index in [1.165, 1.54) is 11.3 Å². The zero-order valence-corrected chi connectivity index (χ0v) is 11.4. The Labute approximate surface area is 111 Å². The Balaban J connectivity index is 2.13. The van der Waals surface area contributed by atoms with Crippen LogP contribution in [0.15, 0.2) is 45.1 Å². The van der Waals surface area contributed by atoms with Gasteiger partial charge < -0.3 is 5.32 Å². The molecule has 1 aromatic carbocycles. The topological polar surface area (TPSA) is 29.1 Å². The summed E-state index contributed by atoms with van der Waals surface area (Å²) in [6.07, 6.45) is 0. The van der Waals surface area contributed by atoms with Crippen molar-refractivity contribution in [3.05, 3.63) is 45.1 Å². The van der Waals surface area contributed by atoms with Crippen LogP contribution in [0, 0.1) is 0 Å².